The molecule has 1 aromatic rings. The monoisotopic (exact) mass is 303 g/mol. The van der Waals surface area contributed by atoms with E-state index in [1.807, 2.05) is 6.92 Å². The van der Waals surface area contributed by atoms with Gasteiger partial charge >= 0.3 is 0 Å². The number of halogens is 1. The number of hydrogen-bond donors (Lipinski definition) is 0. The first kappa shape index (κ1) is 16.5. The third-order valence-corrected chi connectivity index (χ3v) is 5.54. The number of hydrogen-bond acceptors (Lipinski definition) is 2. The first-order chi connectivity index (χ1) is 8.95. The van der Waals surface area contributed by atoms with Crippen LogP contribution >= 0.6 is 11.6 Å². The van der Waals surface area contributed by atoms with E-state index in [4.69, 9.17) is 11.6 Å². The van der Waals surface area contributed by atoms with Crippen molar-refractivity contribution >= 4 is 21.6 Å². The van der Waals surface area contributed by atoms with Crippen LogP contribution in [0.3, 0.4) is 0 Å². The van der Waals surface area contributed by atoms with Crippen LogP contribution in [-0.2, 0) is 15.9 Å². The fraction of sp³-hybridized carbons (Fsp3) is 0.571. The number of alkyl halides is 1. The average Bonchev–Trinajstić information content (AvgIpc) is 2.44. The summed E-state index contributed by atoms with van der Waals surface area (Å²) in [7, 11) is -3.39. The predicted molar refractivity (Wildman–Crippen MR) is 79.9 cm³/mol. The molecule has 5 heteroatoms. The van der Waals surface area contributed by atoms with E-state index in [2.05, 4.69) is 13.8 Å². The molecular weight excluding hydrogens is 282 g/mol. The Kier molecular flexibility index (Phi) is 6.30. The maximum absolute atomic E-state index is 12.5. The van der Waals surface area contributed by atoms with Crippen molar-refractivity contribution in [1.82, 2.24) is 4.31 Å². The van der Waals surface area contributed by atoms with Gasteiger partial charge in [0.1, 0.15) is 0 Å². The van der Waals surface area contributed by atoms with Gasteiger partial charge < -0.3 is 0 Å². The molecule has 0 aliphatic carbocycles. The number of sulfonamides is 1. The summed E-state index contributed by atoms with van der Waals surface area (Å²) >= 11 is 5.71. The lowest BCUT2D eigenvalue weighted by molar-refractivity contribution is 0.361. The van der Waals surface area contributed by atoms with Crippen LogP contribution < -0.4 is 0 Å². The lowest BCUT2D eigenvalue weighted by Crippen LogP contribution is -2.34. The van der Waals surface area contributed by atoms with Crippen molar-refractivity contribution in [3.63, 3.8) is 0 Å². The van der Waals surface area contributed by atoms with Crippen LogP contribution in [0, 0.1) is 5.92 Å². The van der Waals surface area contributed by atoms with Crippen LogP contribution in [0.15, 0.2) is 29.2 Å². The van der Waals surface area contributed by atoms with Crippen molar-refractivity contribution in [2.45, 2.75) is 38.0 Å². The first-order valence-corrected chi connectivity index (χ1v) is 8.58. The Hall–Kier alpha value is -0.580. The van der Waals surface area contributed by atoms with Gasteiger partial charge in [-0.15, -0.1) is 11.6 Å². The summed E-state index contributed by atoms with van der Waals surface area (Å²) in [5.74, 6) is 0.752. The zero-order chi connectivity index (χ0) is 14.5. The molecule has 0 saturated carbocycles. The van der Waals surface area contributed by atoms with E-state index in [0.717, 1.165) is 12.0 Å². The van der Waals surface area contributed by atoms with E-state index < -0.39 is 10.0 Å². The molecule has 0 aromatic heterocycles. The Morgan fingerprint density at radius 2 is 1.79 bits per heavy atom. The number of rotatable bonds is 7. The van der Waals surface area contributed by atoms with Crippen LogP contribution in [0.4, 0.5) is 0 Å². The van der Waals surface area contributed by atoms with Crippen LogP contribution in [0.5, 0.6) is 0 Å². The molecule has 0 heterocycles. The third kappa shape index (κ3) is 4.20. The Bertz CT molecular complexity index is 485. The lowest BCUT2D eigenvalue weighted by Gasteiger charge is -2.23. The molecule has 1 atom stereocenters. The van der Waals surface area contributed by atoms with Crippen molar-refractivity contribution < 1.29 is 8.42 Å². The highest BCUT2D eigenvalue weighted by Gasteiger charge is 2.23. The summed E-state index contributed by atoms with van der Waals surface area (Å²) in [6, 6.07) is 6.78. The summed E-state index contributed by atoms with van der Waals surface area (Å²) in [6.45, 7) is 7.05. The highest BCUT2D eigenvalue weighted by Crippen LogP contribution is 2.19. The van der Waals surface area contributed by atoms with E-state index in [0.29, 0.717) is 29.8 Å². The van der Waals surface area contributed by atoms with Crippen LogP contribution in [0.25, 0.3) is 0 Å². The normalized spacial score (nSPS) is 13.7. The summed E-state index contributed by atoms with van der Waals surface area (Å²) in [6.07, 6.45) is 0.969. The minimum absolute atomic E-state index is 0.339. The van der Waals surface area contributed by atoms with Gasteiger partial charge in [-0.2, -0.15) is 4.31 Å². The van der Waals surface area contributed by atoms with Crippen molar-refractivity contribution in [1.29, 1.82) is 0 Å². The molecule has 1 rings (SSSR count). The Balaban J connectivity index is 2.99. The van der Waals surface area contributed by atoms with E-state index in [1.165, 1.54) is 4.31 Å². The van der Waals surface area contributed by atoms with Crippen LogP contribution in [0.1, 0.15) is 32.8 Å². The van der Waals surface area contributed by atoms with Gasteiger partial charge in [0.15, 0.2) is 0 Å². The highest BCUT2D eigenvalue weighted by molar-refractivity contribution is 7.89. The molecule has 0 fully saturated rings. The summed E-state index contributed by atoms with van der Waals surface area (Å²) < 4.78 is 26.6. The van der Waals surface area contributed by atoms with Gasteiger partial charge in [-0.3, -0.25) is 0 Å². The first-order valence-electron chi connectivity index (χ1n) is 6.60. The molecule has 0 amide bonds. The molecule has 0 radical (unpaired) electrons. The molecule has 3 nitrogen and oxygen atoms in total. The SMILES string of the molecule is CCC(C)CN(CC)S(=O)(=O)c1ccc(CCl)cc1. The topological polar surface area (TPSA) is 37.4 Å². The Morgan fingerprint density at radius 1 is 1.21 bits per heavy atom. The summed E-state index contributed by atoms with van der Waals surface area (Å²) in [5.41, 5.74) is 0.922. The average molecular weight is 304 g/mol. The number of nitrogens with zero attached hydrogens (tertiary/aromatic N) is 1. The number of benzene rings is 1. The van der Waals surface area contributed by atoms with E-state index in [-0.39, 0.29) is 0 Å². The zero-order valence-corrected chi connectivity index (χ0v) is 13.3. The Morgan fingerprint density at radius 3 is 2.21 bits per heavy atom. The van der Waals surface area contributed by atoms with Gasteiger partial charge in [0, 0.05) is 19.0 Å². The molecule has 1 aromatic carbocycles. The Labute approximate surface area is 121 Å². The molecule has 108 valence electrons. The van der Waals surface area contributed by atoms with Crippen molar-refractivity contribution in [2.75, 3.05) is 13.1 Å². The summed E-state index contributed by atoms with van der Waals surface area (Å²) in [5, 5.41) is 0. The zero-order valence-electron chi connectivity index (χ0n) is 11.8. The van der Waals surface area contributed by atoms with Crippen molar-refractivity contribution in [3.8, 4) is 0 Å². The molecule has 0 spiro atoms. The highest BCUT2D eigenvalue weighted by atomic mass is 35.5. The van der Waals surface area contributed by atoms with Gasteiger partial charge in [-0.1, -0.05) is 39.3 Å². The third-order valence-electron chi connectivity index (χ3n) is 3.28. The van der Waals surface area contributed by atoms with Crippen LogP contribution in [-0.4, -0.2) is 25.8 Å². The van der Waals surface area contributed by atoms with Crippen LogP contribution in [0.2, 0.25) is 0 Å². The van der Waals surface area contributed by atoms with Gasteiger partial charge in [0.05, 0.1) is 4.90 Å². The maximum atomic E-state index is 12.5. The van der Waals surface area contributed by atoms with Crippen molar-refractivity contribution in [2.24, 2.45) is 5.92 Å². The summed E-state index contributed by atoms with van der Waals surface area (Å²) in [4.78, 5) is 0.339. The fourth-order valence-corrected chi connectivity index (χ4v) is 3.52. The molecule has 0 bridgehead atoms. The second-order valence-corrected chi connectivity index (χ2v) is 6.95. The molecule has 0 saturated heterocycles. The fourth-order valence-electron chi connectivity index (χ4n) is 1.77. The molecule has 19 heavy (non-hydrogen) atoms. The predicted octanol–water partition coefficient (Wildman–Crippen LogP) is 3.48. The molecular formula is C14H22ClNO2S. The van der Waals surface area contributed by atoms with Gasteiger partial charge in [-0.05, 0) is 23.6 Å². The second-order valence-electron chi connectivity index (χ2n) is 4.75. The van der Waals surface area contributed by atoms with Gasteiger partial charge in [0.25, 0.3) is 0 Å². The quantitative estimate of drug-likeness (QED) is 0.723. The van der Waals surface area contributed by atoms with E-state index in [1.54, 1.807) is 24.3 Å². The van der Waals surface area contributed by atoms with E-state index >= 15 is 0 Å². The molecule has 0 aliphatic heterocycles. The molecule has 0 N–H and O–H groups in total. The van der Waals surface area contributed by atoms with Gasteiger partial charge in [-0.25, -0.2) is 8.42 Å². The smallest absolute Gasteiger partial charge is 0.207 e. The minimum atomic E-state index is -3.39. The van der Waals surface area contributed by atoms with E-state index in [9.17, 15) is 8.42 Å². The maximum Gasteiger partial charge on any atom is 0.243 e. The largest absolute Gasteiger partial charge is 0.243 e. The lowest BCUT2D eigenvalue weighted by atomic mass is 10.1. The second kappa shape index (κ2) is 7.27. The van der Waals surface area contributed by atoms with Crippen molar-refractivity contribution in [3.05, 3.63) is 29.8 Å². The minimum Gasteiger partial charge on any atom is -0.207 e. The molecule has 0 aliphatic rings. The molecule has 1 unspecified atom stereocenters. The standard InChI is InChI=1S/C14H22ClNO2S/c1-4-12(3)11-16(5-2)19(17,18)14-8-6-13(10-15)7-9-14/h6-9,12H,4-5,10-11H2,1-3H3. The van der Waals surface area contributed by atoms with Gasteiger partial charge in [0.2, 0.25) is 10.0 Å².